The third-order valence-electron chi connectivity index (χ3n) is 16.7. The van der Waals surface area contributed by atoms with Gasteiger partial charge in [-0.05, 0) is 141 Å². The van der Waals surface area contributed by atoms with E-state index in [0.717, 1.165) is 40.1 Å². The van der Waals surface area contributed by atoms with Crippen LogP contribution in [0.25, 0.3) is 22.1 Å². The van der Waals surface area contributed by atoms with Crippen molar-refractivity contribution in [2.45, 2.75) is 128 Å². The van der Waals surface area contributed by atoms with Crippen LogP contribution < -0.4 is 0 Å². The molecule has 0 spiro atoms. The quantitative estimate of drug-likeness (QED) is 0.0904. The van der Waals surface area contributed by atoms with Crippen LogP contribution >= 0.6 is 11.6 Å². The molecule has 5 aliphatic rings. The van der Waals surface area contributed by atoms with Crippen LogP contribution in [-0.2, 0) is 33.5 Å². The summed E-state index contributed by atoms with van der Waals surface area (Å²) < 4.78 is 53.5. The van der Waals surface area contributed by atoms with E-state index < -0.39 is 63.0 Å². The monoisotopic (exact) mass is 935 g/mol. The van der Waals surface area contributed by atoms with Crippen molar-refractivity contribution in [3.8, 4) is 11.3 Å². The number of hydrogen-bond donors (Lipinski definition) is 2. The van der Waals surface area contributed by atoms with Crippen LogP contribution in [0.2, 0.25) is 5.02 Å². The second-order valence-corrected chi connectivity index (χ2v) is 21.0. The molecule has 12 heteroatoms. The predicted octanol–water partition coefficient (Wildman–Crippen LogP) is 12.2. The molecule has 1 aliphatic heterocycles. The molecule has 1 aromatic heterocycles. The molecule has 4 aliphatic carbocycles. The molecule has 4 bridgehead atoms. The number of aliphatic hydroxyl groups excluding tert-OH is 1. The van der Waals surface area contributed by atoms with E-state index in [2.05, 4.69) is 6.08 Å². The van der Waals surface area contributed by atoms with E-state index in [1.54, 1.807) is 11.0 Å². The number of aliphatic hydroxyl groups is 2. The molecule has 4 aromatic carbocycles. The number of allylic oxidation sites excluding steroid dienone is 2. The molecule has 6 unspecified atom stereocenters. The Labute approximate surface area is 394 Å². The van der Waals surface area contributed by atoms with Crippen molar-refractivity contribution in [1.82, 2.24) is 4.90 Å². The summed E-state index contributed by atoms with van der Waals surface area (Å²) in [6.45, 7) is 9.89. The van der Waals surface area contributed by atoms with Gasteiger partial charge < -0.3 is 24.3 Å². The van der Waals surface area contributed by atoms with Crippen molar-refractivity contribution in [2.24, 2.45) is 16.2 Å². The zero-order valence-electron chi connectivity index (χ0n) is 38.6. The fourth-order valence-corrected chi connectivity index (χ4v) is 12.2. The standard InChI is InChI=1S/C55H57ClF3NO7/c1-33-10-9-24-51(4)43(40-19-16-34(28-38(61)18-15-33)29-41(40)47(62)46-22-21-45(66-46)42-30-37(55(57,58)59)17-20-44(42)56)23-25-53(51,65)32-60(31-36-13-8-12-35-11-6-7-14-39(35)36)48(63)54-27-26-52(5,49(64)67-54)50(54,2)3/h6-8,10-14,16-17,19-22,29-30,38,43,61,65H,9,15,18,23-28,31-32H2,1-5H3. The van der Waals surface area contributed by atoms with Gasteiger partial charge in [-0.1, -0.05) is 98.6 Å². The van der Waals surface area contributed by atoms with E-state index in [1.165, 1.54) is 12.1 Å². The molecule has 6 atom stereocenters. The lowest BCUT2D eigenvalue weighted by atomic mass is 9.64. The first-order valence-corrected chi connectivity index (χ1v) is 23.7. The van der Waals surface area contributed by atoms with E-state index in [9.17, 15) is 33.0 Å². The Hall–Kier alpha value is -5.23. The highest BCUT2D eigenvalue weighted by Crippen LogP contribution is 2.66. The highest BCUT2D eigenvalue weighted by Gasteiger charge is 2.76. The summed E-state index contributed by atoms with van der Waals surface area (Å²) in [5, 5.41) is 26.7. The summed E-state index contributed by atoms with van der Waals surface area (Å²) in [4.78, 5) is 45.8. The fourth-order valence-electron chi connectivity index (χ4n) is 12.0. The average Bonchev–Trinajstić information content (AvgIpc) is 3.96. The second kappa shape index (κ2) is 16.8. The predicted molar refractivity (Wildman–Crippen MR) is 250 cm³/mol. The van der Waals surface area contributed by atoms with Crippen LogP contribution in [0.5, 0.6) is 0 Å². The Kier molecular flexibility index (Phi) is 11.7. The highest BCUT2D eigenvalue weighted by molar-refractivity contribution is 6.33. The van der Waals surface area contributed by atoms with Crippen LogP contribution in [0, 0.1) is 16.2 Å². The van der Waals surface area contributed by atoms with Crippen LogP contribution in [0.3, 0.4) is 0 Å². The Morgan fingerprint density at radius 3 is 2.39 bits per heavy atom. The summed E-state index contributed by atoms with van der Waals surface area (Å²) in [5.74, 6) is -1.79. The van der Waals surface area contributed by atoms with Crippen LogP contribution in [-0.4, -0.2) is 56.6 Å². The average molecular weight is 937 g/mol. The summed E-state index contributed by atoms with van der Waals surface area (Å²) in [6.07, 6.45) is 0.856. The normalized spacial score (nSPS) is 28.2. The minimum atomic E-state index is -4.63. The molecule has 1 amide bonds. The van der Waals surface area contributed by atoms with Gasteiger partial charge in [0.1, 0.15) is 5.76 Å². The number of rotatable bonds is 8. The van der Waals surface area contributed by atoms with Gasteiger partial charge in [0.15, 0.2) is 11.4 Å². The Balaban J connectivity index is 1.14. The van der Waals surface area contributed by atoms with Gasteiger partial charge >= 0.3 is 12.1 Å². The number of amides is 1. The molecule has 1 saturated heterocycles. The largest absolute Gasteiger partial charge is 0.453 e. The molecule has 3 fully saturated rings. The van der Waals surface area contributed by atoms with Crippen molar-refractivity contribution in [3.05, 3.63) is 141 Å². The van der Waals surface area contributed by atoms with Gasteiger partial charge in [0.2, 0.25) is 5.78 Å². The molecule has 5 aromatic rings. The number of nitrogens with zero attached hydrogens (tertiary/aromatic N) is 1. The Bertz CT molecular complexity index is 2830. The van der Waals surface area contributed by atoms with E-state index in [-0.39, 0.29) is 59.5 Å². The molecule has 67 heavy (non-hydrogen) atoms. The fraction of sp³-hybridized carbons (Fsp3) is 0.436. The molecule has 2 heterocycles. The lowest BCUT2D eigenvalue weighted by molar-refractivity contribution is -0.178. The molecule has 0 radical (unpaired) electrons. The topological polar surface area (TPSA) is 117 Å². The van der Waals surface area contributed by atoms with E-state index in [1.807, 2.05) is 89.2 Å². The number of benzene rings is 4. The number of fused-ring (bicyclic) bond motifs is 11. The molecule has 352 valence electrons. The number of furan rings is 1. The SMILES string of the molecule is CC1=CCCC2(C)C(CCC2(O)CN(Cc2cccc3ccccc23)C(=O)C23CCC(C)(C(=O)O2)C3(C)C)c2ccc(cc2C(=O)c2ccc(-c3cc(C(F)(F)F)ccc3Cl)o2)CC(O)CC1. The summed E-state index contributed by atoms with van der Waals surface area (Å²) in [7, 11) is 0. The van der Waals surface area contributed by atoms with Crippen LogP contribution in [0.1, 0.15) is 130 Å². The maximum absolute atomic E-state index is 15.6. The van der Waals surface area contributed by atoms with Crippen molar-refractivity contribution in [3.63, 3.8) is 0 Å². The molecule has 2 saturated carbocycles. The highest BCUT2D eigenvalue weighted by atomic mass is 35.5. The van der Waals surface area contributed by atoms with Gasteiger partial charge in [0.25, 0.3) is 5.91 Å². The van der Waals surface area contributed by atoms with Gasteiger partial charge in [-0.25, -0.2) is 0 Å². The molecule has 8 nitrogen and oxygen atoms in total. The first kappa shape index (κ1) is 46.9. The van der Waals surface area contributed by atoms with Gasteiger partial charge in [0.05, 0.1) is 34.3 Å². The third kappa shape index (κ3) is 7.73. The third-order valence-corrected chi connectivity index (χ3v) is 17.0. The number of carbonyl (C=O) groups excluding carboxylic acids is 3. The lowest BCUT2D eigenvalue weighted by Gasteiger charge is -2.47. The Morgan fingerprint density at radius 1 is 0.896 bits per heavy atom. The van der Waals surface area contributed by atoms with E-state index in [4.69, 9.17) is 20.8 Å². The number of carbonyl (C=O) groups is 3. The zero-order valence-corrected chi connectivity index (χ0v) is 39.3. The van der Waals surface area contributed by atoms with Gasteiger partial charge in [-0.15, -0.1) is 0 Å². The number of ether oxygens (including phenoxy) is 1. The molecule has 2 N–H and O–H groups in total. The summed E-state index contributed by atoms with van der Waals surface area (Å²) in [5.41, 5.74) is -2.90. The van der Waals surface area contributed by atoms with Crippen LogP contribution in [0.4, 0.5) is 13.2 Å². The molecule has 10 rings (SSSR count). The summed E-state index contributed by atoms with van der Waals surface area (Å²) >= 11 is 6.39. The number of hydrogen-bond acceptors (Lipinski definition) is 7. The van der Waals surface area contributed by atoms with E-state index in [0.29, 0.717) is 56.1 Å². The summed E-state index contributed by atoms with van der Waals surface area (Å²) in [6, 6.07) is 25.2. The number of halogens is 4. The van der Waals surface area contributed by atoms with Gasteiger partial charge in [-0.3, -0.25) is 14.4 Å². The second-order valence-electron chi connectivity index (χ2n) is 20.6. The maximum Gasteiger partial charge on any atom is 0.416 e. The van der Waals surface area contributed by atoms with Gasteiger partial charge in [0, 0.05) is 28.5 Å². The first-order valence-electron chi connectivity index (χ1n) is 23.3. The first-order chi connectivity index (χ1) is 31.6. The molecular weight excluding hydrogens is 879 g/mol. The van der Waals surface area contributed by atoms with Crippen molar-refractivity contribution < 1.29 is 46.9 Å². The molecular formula is C55H57ClF3NO7. The maximum atomic E-state index is 15.6. The lowest BCUT2D eigenvalue weighted by Crippen LogP contribution is -2.60. The zero-order chi connectivity index (χ0) is 47.9. The minimum absolute atomic E-state index is 0.00827. The number of ketones is 1. The minimum Gasteiger partial charge on any atom is -0.453 e. The van der Waals surface area contributed by atoms with Crippen molar-refractivity contribution in [2.75, 3.05) is 6.54 Å². The van der Waals surface area contributed by atoms with E-state index >= 15 is 4.79 Å². The van der Waals surface area contributed by atoms with Crippen molar-refractivity contribution in [1.29, 1.82) is 0 Å². The smallest absolute Gasteiger partial charge is 0.416 e. The van der Waals surface area contributed by atoms with Gasteiger partial charge in [-0.2, -0.15) is 13.2 Å². The Morgan fingerprint density at radius 2 is 1.66 bits per heavy atom. The number of esters is 1. The van der Waals surface area contributed by atoms with Crippen molar-refractivity contribution >= 4 is 40.0 Å². The van der Waals surface area contributed by atoms with Crippen LogP contribution in [0.15, 0.2) is 107 Å². The number of alkyl halides is 3.